The highest BCUT2D eigenvalue weighted by Crippen LogP contribution is 2.20. The van der Waals surface area contributed by atoms with Crippen molar-refractivity contribution in [3.63, 3.8) is 0 Å². The zero-order valence-electron chi connectivity index (χ0n) is 16.7. The molecule has 13 heteroatoms. The smallest absolute Gasteiger partial charge is 0.465 e. The van der Waals surface area contributed by atoms with Crippen LogP contribution in [0.2, 0.25) is 0 Å². The number of halogens is 6. The summed E-state index contributed by atoms with van der Waals surface area (Å²) in [6.07, 6.45) is -8.23. The minimum Gasteiger partial charge on any atom is -0.465 e. The molecule has 0 radical (unpaired) electrons. The number of hydrogen-bond donors (Lipinski definition) is 1. The van der Waals surface area contributed by atoms with Crippen LogP contribution in [0, 0.1) is 0 Å². The average molecular weight is 451 g/mol. The molecule has 7 nitrogen and oxygen atoms in total. The fraction of sp³-hybridized carbons (Fsp3) is 0.588. The third-order valence-corrected chi connectivity index (χ3v) is 2.61. The summed E-state index contributed by atoms with van der Waals surface area (Å²) in [5.41, 5.74) is -3.72. The number of esters is 1. The number of hydrogen-bond acceptors (Lipinski definition) is 7. The lowest BCUT2D eigenvalue weighted by molar-refractivity contribution is -0.153. The maximum Gasteiger partial charge on any atom is 0.515 e. The molecule has 30 heavy (non-hydrogen) atoms. The van der Waals surface area contributed by atoms with E-state index in [-0.39, 0.29) is 5.88 Å². The summed E-state index contributed by atoms with van der Waals surface area (Å²) in [6, 6.07) is 4.63. The third kappa shape index (κ3) is 14.4. The maximum absolute atomic E-state index is 12.4. The quantitative estimate of drug-likeness (QED) is 0.532. The SMILES string of the molecule is CC(C)(O)C(F)F.CC(C)(OC(=O)Oc1ccccn1)C(F)F.COC(=O)C(F)F. The summed E-state index contributed by atoms with van der Waals surface area (Å²) in [4.78, 5) is 24.3. The van der Waals surface area contributed by atoms with E-state index in [0.29, 0.717) is 0 Å². The van der Waals surface area contributed by atoms with Crippen molar-refractivity contribution in [1.82, 2.24) is 4.98 Å². The first-order chi connectivity index (χ1) is 13.5. The molecule has 0 bridgehead atoms. The molecule has 0 saturated heterocycles. The number of aromatic nitrogens is 1. The third-order valence-electron chi connectivity index (χ3n) is 2.61. The molecule has 174 valence electrons. The van der Waals surface area contributed by atoms with Crippen LogP contribution >= 0.6 is 0 Å². The van der Waals surface area contributed by atoms with Crippen molar-refractivity contribution < 1.29 is 55.2 Å². The van der Waals surface area contributed by atoms with Gasteiger partial charge in [0.2, 0.25) is 5.88 Å². The second-order valence-electron chi connectivity index (χ2n) is 6.30. The summed E-state index contributed by atoms with van der Waals surface area (Å²) < 4.78 is 81.9. The van der Waals surface area contributed by atoms with Gasteiger partial charge in [0, 0.05) is 12.3 Å². The number of nitrogens with zero attached hydrogens (tertiary/aromatic N) is 1. The van der Waals surface area contributed by atoms with Gasteiger partial charge in [-0.05, 0) is 33.8 Å². The van der Waals surface area contributed by atoms with E-state index in [4.69, 9.17) is 5.11 Å². The van der Waals surface area contributed by atoms with Crippen LogP contribution in [0.1, 0.15) is 27.7 Å². The second kappa shape index (κ2) is 13.6. The topological polar surface area (TPSA) is 95.0 Å². The monoisotopic (exact) mass is 451 g/mol. The molecular weight excluding hydrogens is 428 g/mol. The van der Waals surface area contributed by atoms with E-state index < -0.39 is 42.6 Å². The molecule has 0 aliphatic heterocycles. The molecule has 0 amide bonds. The van der Waals surface area contributed by atoms with Gasteiger partial charge in [-0.1, -0.05) is 6.07 Å². The molecule has 0 aliphatic carbocycles. The number of ether oxygens (including phenoxy) is 3. The Labute approximate surface area is 168 Å². The molecule has 1 rings (SSSR count). The summed E-state index contributed by atoms with van der Waals surface area (Å²) in [5, 5.41) is 8.34. The number of carbonyl (C=O) groups excluding carboxylic acids is 2. The van der Waals surface area contributed by atoms with Crippen LogP contribution < -0.4 is 4.74 Å². The highest BCUT2D eigenvalue weighted by molar-refractivity contribution is 5.72. The van der Waals surface area contributed by atoms with Crippen molar-refractivity contribution in [2.24, 2.45) is 0 Å². The Bertz CT molecular complexity index is 623. The minimum absolute atomic E-state index is 0.00225. The van der Waals surface area contributed by atoms with Crippen molar-refractivity contribution in [3.8, 4) is 5.88 Å². The molecule has 1 aromatic heterocycles. The Balaban J connectivity index is 0. The summed E-state index contributed by atoms with van der Waals surface area (Å²) in [5.74, 6) is -1.49. The fourth-order valence-corrected chi connectivity index (χ4v) is 0.862. The molecule has 1 heterocycles. The Hall–Kier alpha value is -2.57. The first-order valence-corrected chi connectivity index (χ1v) is 8.01. The Morgan fingerprint density at radius 1 is 1.00 bits per heavy atom. The Morgan fingerprint density at radius 2 is 1.50 bits per heavy atom. The van der Waals surface area contributed by atoms with Crippen molar-refractivity contribution in [1.29, 1.82) is 0 Å². The van der Waals surface area contributed by atoms with E-state index in [1.54, 1.807) is 12.1 Å². The standard InChI is InChI=1S/C10H11F2NO3.C4H8F2O.C3H4F2O2/c1-10(2,8(11)12)16-9(14)15-7-5-3-4-6-13-7;1-4(2,7)3(5)6;1-7-3(6)2(4)5/h3-6,8H,1-2H3;3,7H,1-2H3;2H,1H3. The number of carbonyl (C=O) groups is 2. The largest absolute Gasteiger partial charge is 0.515 e. The van der Waals surface area contributed by atoms with Gasteiger partial charge in [0.05, 0.1) is 7.11 Å². The molecule has 1 N–H and O–H groups in total. The van der Waals surface area contributed by atoms with Crippen molar-refractivity contribution >= 4 is 12.1 Å². The van der Waals surface area contributed by atoms with Crippen LogP contribution in [0.5, 0.6) is 5.88 Å². The van der Waals surface area contributed by atoms with Gasteiger partial charge in [0.1, 0.15) is 5.60 Å². The maximum atomic E-state index is 12.4. The van der Waals surface area contributed by atoms with Gasteiger partial charge in [-0.25, -0.2) is 32.1 Å². The van der Waals surface area contributed by atoms with Crippen molar-refractivity contribution in [2.45, 2.75) is 58.2 Å². The van der Waals surface area contributed by atoms with Crippen LogP contribution in [0.3, 0.4) is 0 Å². The first kappa shape index (κ1) is 29.6. The van der Waals surface area contributed by atoms with Crippen LogP contribution in [-0.2, 0) is 14.3 Å². The average Bonchev–Trinajstić information content (AvgIpc) is 2.61. The normalized spacial score (nSPS) is 11.2. The van der Waals surface area contributed by atoms with Crippen LogP contribution in [0.25, 0.3) is 0 Å². The van der Waals surface area contributed by atoms with E-state index in [9.17, 15) is 35.9 Å². The Kier molecular flexibility index (Phi) is 13.4. The molecule has 0 unspecified atom stereocenters. The van der Waals surface area contributed by atoms with Gasteiger partial charge in [-0.15, -0.1) is 0 Å². The van der Waals surface area contributed by atoms with Crippen molar-refractivity contribution in [3.05, 3.63) is 24.4 Å². The van der Waals surface area contributed by atoms with Crippen LogP contribution in [0.4, 0.5) is 31.1 Å². The number of alkyl halides is 6. The summed E-state index contributed by atoms with van der Waals surface area (Å²) in [6.45, 7) is 4.32. The van der Waals surface area contributed by atoms with E-state index >= 15 is 0 Å². The van der Waals surface area contributed by atoms with Gasteiger partial charge in [-0.2, -0.15) is 8.78 Å². The number of methoxy groups -OCH3 is 1. The number of rotatable bonds is 5. The lowest BCUT2D eigenvalue weighted by Crippen LogP contribution is -2.36. The van der Waals surface area contributed by atoms with Gasteiger partial charge < -0.3 is 19.3 Å². The van der Waals surface area contributed by atoms with E-state index in [2.05, 4.69) is 19.2 Å². The second-order valence-corrected chi connectivity index (χ2v) is 6.30. The molecular formula is C17H23F6NO6. The van der Waals surface area contributed by atoms with Crippen LogP contribution in [-0.4, -0.2) is 59.8 Å². The zero-order chi connectivity index (χ0) is 24.1. The summed E-state index contributed by atoms with van der Waals surface area (Å²) >= 11 is 0. The Morgan fingerprint density at radius 3 is 1.77 bits per heavy atom. The zero-order valence-corrected chi connectivity index (χ0v) is 16.7. The molecule has 0 aliphatic rings. The molecule has 0 atom stereocenters. The molecule has 0 aromatic carbocycles. The predicted octanol–water partition coefficient (Wildman–Crippen LogP) is 4.09. The van der Waals surface area contributed by atoms with Crippen molar-refractivity contribution in [2.75, 3.05) is 7.11 Å². The van der Waals surface area contributed by atoms with E-state index in [1.165, 1.54) is 12.3 Å². The van der Waals surface area contributed by atoms with Gasteiger partial charge in [0.25, 0.3) is 12.9 Å². The molecule has 1 aromatic rings. The van der Waals surface area contributed by atoms with Crippen LogP contribution in [0.15, 0.2) is 24.4 Å². The first-order valence-electron chi connectivity index (χ1n) is 8.01. The van der Waals surface area contributed by atoms with Gasteiger partial charge >= 0.3 is 18.6 Å². The molecule has 0 fully saturated rings. The van der Waals surface area contributed by atoms with E-state index in [1.807, 2.05) is 0 Å². The highest BCUT2D eigenvalue weighted by atomic mass is 19.3. The fourth-order valence-electron chi connectivity index (χ4n) is 0.862. The highest BCUT2D eigenvalue weighted by Gasteiger charge is 2.34. The lowest BCUT2D eigenvalue weighted by Gasteiger charge is -2.22. The minimum atomic E-state index is -3.00. The molecule has 0 spiro atoms. The lowest BCUT2D eigenvalue weighted by atomic mass is 10.1. The summed E-state index contributed by atoms with van der Waals surface area (Å²) in [7, 11) is 0.911. The van der Waals surface area contributed by atoms with Gasteiger partial charge in [-0.3, -0.25) is 0 Å². The number of aliphatic hydroxyl groups is 1. The molecule has 0 saturated carbocycles. The van der Waals surface area contributed by atoms with E-state index in [0.717, 1.165) is 34.8 Å². The predicted molar refractivity (Wildman–Crippen MR) is 91.8 cm³/mol. The number of pyridine rings is 1. The van der Waals surface area contributed by atoms with Gasteiger partial charge in [0.15, 0.2) is 5.60 Å².